The zero-order valence-electron chi connectivity index (χ0n) is 13.9. The number of rotatable bonds is 7. The number of benzene rings is 1. The molecule has 1 atom stereocenters. The van der Waals surface area contributed by atoms with Crippen LogP contribution in [0.5, 0.6) is 5.75 Å². The first-order valence-corrected chi connectivity index (χ1v) is 7.83. The summed E-state index contributed by atoms with van der Waals surface area (Å²) in [6, 6.07) is 3.75. The summed E-state index contributed by atoms with van der Waals surface area (Å²) in [5, 5.41) is 2.03. The smallest absolute Gasteiger partial charge is 0.266 e. The van der Waals surface area contributed by atoms with E-state index in [9.17, 15) is 19.2 Å². The van der Waals surface area contributed by atoms with Crippen LogP contribution in [0.25, 0.3) is 0 Å². The van der Waals surface area contributed by atoms with E-state index in [0.29, 0.717) is 12.2 Å². The molecule has 0 saturated heterocycles. The van der Waals surface area contributed by atoms with Crippen LogP contribution in [0.15, 0.2) is 18.2 Å². The van der Waals surface area contributed by atoms with Crippen LogP contribution in [0.3, 0.4) is 0 Å². The van der Waals surface area contributed by atoms with Gasteiger partial charge < -0.3 is 4.74 Å². The van der Waals surface area contributed by atoms with Crippen LogP contribution in [0.4, 0.5) is 0 Å². The van der Waals surface area contributed by atoms with Gasteiger partial charge in [-0.15, -0.1) is 0 Å². The van der Waals surface area contributed by atoms with Gasteiger partial charge in [-0.2, -0.15) is 0 Å². The molecule has 1 aromatic rings. The Bertz CT molecular complexity index is 684. The molecule has 0 spiro atoms. The molecule has 24 heavy (non-hydrogen) atoms. The van der Waals surface area contributed by atoms with E-state index in [4.69, 9.17) is 4.74 Å². The van der Waals surface area contributed by atoms with Crippen LogP contribution in [-0.4, -0.2) is 41.2 Å². The predicted molar refractivity (Wildman–Crippen MR) is 85.6 cm³/mol. The van der Waals surface area contributed by atoms with Crippen molar-refractivity contribution in [3.8, 4) is 5.75 Å². The predicted octanol–water partition coefficient (Wildman–Crippen LogP) is 1.51. The highest BCUT2D eigenvalue weighted by molar-refractivity contribution is 6.24. The van der Waals surface area contributed by atoms with Crippen LogP contribution in [0.2, 0.25) is 0 Å². The lowest BCUT2D eigenvalue weighted by Gasteiger charge is -2.24. The lowest BCUT2D eigenvalue weighted by atomic mass is 10.1. The molecule has 1 heterocycles. The molecule has 1 N–H and O–H groups in total. The molecule has 0 aliphatic carbocycles. The number of hydrogen-bond donors (Lipinski definition) is 1. The molecule has 1 aliphatic rings. The second kappa shape index (κ2) is 7.25. The van der Waals surface area contributed by atoms with E-state index in [1.54, 1.807) is 12.1 Å². The highest BCUT2D eigenvalue weighted by Crippen LogP contribution is 2.33. The molecule has 0 bridgehead atoms. The van der Waals surface area contributed by atoms with Gasteiger partial charge in [-0.1, -0.05) is 19.4 Å². The molecule has 1 unspecified atom stereocenters. The maximum atomic E-state index is 12.8. The molecule has 0 aromatic heterocycles. The Kier molecular flexibility index (Phi) is 5.33. The van der Waals surface area contributed by atoms with Crippen LogP contribution in [-0.2, 0) is 9.59 Å². The molecular weight excluding hydrogens is 312 g/mol. The third-order valence-electron chi connectivity index (χ3n) is 3.65. The summed E-state index contributed by atoms with van der Waals surface area (Å²) in [6.45, 7) is 5.46. The van der Waals surface area contributed by atoms with Gasteiger partial charge in [-0.3, -0.25) is 29.4 Å². The SMILES string of the molecule is CCCC(C(=O)NC=O)N1C(=O)c2cccc(OC(C)C)c2C1=O. The molecule has 0 fully saturated rings. The van der Waals surface area contributed by atoms with Crippen molar-refractivity contribution in [2.24, 2.45) is 0 Å². The Morgan fingerprint density at radius 2 is 2.00 bits per heavy atom. The van der Waals surface area contributed by atoms with Gasteiger partial charge in [0.1, 0.15) is 11.8 Å². The first-order valence-electron chi connectivity index (χ1n) is 7.83. The largest absolute Gasteiger partial charge is 0.490 e. The minimum absolute atomic E-state index is 0.163. The first kappa shape index (κ1) is 17.7. The Labute approximate surface area is 140 Å². The number of carbonyl (C=O) groups excluding carboxylic acids is 4. The summed E-state index contributed by atoms with van der Waals surface area (Å²) >= 11 is 0. The number of imide groups is 2. The van der Waals surface area contributed by atoms with E-state index in [2.05, 4.69) is 0 Å². The average molecular weight is 332 g/mol. The zero-order chi connectivity index (χ0) is 17.9. The number of nitrogens with zero attached hydrogens (tertiary/aromatic N) is 1. The molecule has 7 heteroatoms. The molecule has 0 saturated carbocycles. The van der Waals surface area contributed by atoms with Crippen molar-refractivity contribution in [2.45, 2.75) is 45.8 Å². The van der Waals surface area contributed by atoms with Crippen molar-refractivity contribution in [1.82, 2.24) is 10.2 Å². The third kappa shape index (κ3) is 3.15. The van der Waals surface area contributed by atoms with E-state index in [0.717, 1.165) is 4.90 Å². The number of hydrogen-bond acceptors (Lipinski definition) is 5. The van der Waals surface area contributed by atoms with Gasteiger partial charge in [-0.25, -0.2) is 0 Å². The number of carbonyl (C=O) groups is 4. The van der Waals surface area contributed by atoms with Crippen molar-refractivity contribution < 1.29 is 23.9 Å². The number of ether oxygens (including phenoxy) is 1. The van der Waals surface area contributed by atoms with Gasteiger partial charge in [0.2, 0.25) is 12.3 Å². The van der Waals surface area contributed by atoms with E-state index in [1.807, 2.05) is 26.1 Å². The van der Waals surface area contributed by atoms with E-state index in [-0.39, 0.29) is 30.1 Å². The van der Waals surface area contributed by atoms with Crippen molar-refractivity contribution in [3.63, 3.8) is 0 Å². The molecule has 0 radical (unpaired) electrons. The topological polar surface area (TPSA) is 92.8 Å². The van der Waals surface area contributed by atoms with Crippen LogP contribution < -0.4 is 10.1 Å². The second-order valence-corrected chi connectivity index (χ2v) is 5.76. The molecule has 2 rings (SSSR count). The fourth-order valence-corrected chi connectivity index (χ4v) is 2.71. The fourth-order valence-electron chi connectivity index (χ4n) is 2.71. The van der Waals surface area contributed by atoms with Crippen molar-refractivity contribution in [3.05, 3.63) is 29.3 Å². The van der Waals surface area contributed by atoms with Crippen molar-refractivity contribution >= 4 is 24.1 Å². The minimum Gasteiger partial charge on any atom is -0.490 e. The molecule has 1 aliphatic heterocycles. The summed E-state index contributed by atoms with van der Waals surface area (Å²) in [7, 11) is 0. The zero-order valence-corrected chi connectivity index (χ0v) is 13.9. The lowest BCUT2D eigenvalue weighted by Crippen LogP contribution is -2.49. The normalized spacial score (nSPS) is 14.6. The monoisotopic (exact) mass is 332 g/mol. The quantitative estimate of drug-likeness (QED) is 0.603. The van der Waals surface area contributed by atoms with Gasteiger partial charge in [0.05, 0.1) is 17.2 Å². The highest BCUT2D eigenvalue weighted by Gasteiger charge is 2.44. The van der Waals surface area contributed by atoms with E-state index in [1.165, 1.54) is 6.07 Å². The van der Waals surface area contributed by atoms with Crippen molar-refractivity contribution in [2.75, 3.05) is 0 Å². The fraction of sp³-hybridized carbons (Fsp3) is 0.412. The summed E-state index contributed by atoms with van der Waals surface area (Å²) in [6.07, 6.45) is 0.917. The number of amides is 4. The van der Waals surface area contributed by atoms with E-state index >= 15 is 0 Å². The van der Waals surface area contributed by atoms with Crippen LogP contribution in [0.1, 0.15) is 54.3 Å². The number of nitrogens with one attached hydrogen (secondary N) is 1. The Balaban J connectivity index is 2.44. The second-order valence-electron chi connectivity index (χ2n) is 5.76. The van der Waals surface area contributed by atoms with E-state index < -0.39 is 23.8 Å². The maximum Gasteiger partial charge on any atom is 0.266 e. The van der Waals surface area contributed by atoms with Crippen LogP contribution in [0, 0.1) is 0 Å². The van der Waals surface area contributed by atoms with Crippen LogP contribution >= 0.6 is 0 Å². The summed E-state index contributed by atoms with van der Waals surface area (Å²) in [5.74, 6) is -1.49. The summed E-state index contributed by atoms with van der Waals surface area (Å²) < 4.78 is 5.62. The molecular formula is C17H20N2O5. The molecule has 128 valence electrons. The van der Waals surface area contributed by atoms with Gasteiger partial charge in [-0.05, 0) is 32.4 Å². The first-order chi connectivity index (χ1) is 11.4. The summed E-state index contributed by atoms with van der Waals surface area (Å²) in [4.78, 5) is 49.0. The van der Waals surface area contributed by atoms with Gasteiger partial charge in [0, 0.05) is 0 Å². The Morgan fingerprint density at radius 3 is 2.58 bits per heavy atom. The third-order valence-corrected chi connectivity index (χ3v) is 3.65. The number of fused-ring (bicyclic) bond motifs is 1. The standard InChI is InChI=1S/C17H20N2O5/c1-4-6-12(15(21)18-9-20)19-16(22)11-7-5-8-13(24-10(2)3)14(11)17(19)23/h5,7-10,12H,4,6H2,1-3H3,(H,18,20,21). The Hall–Kier alpha value is -2.70. The molecule has 4 amide bonds. The molecule has 7 nitrogen and oxygen atoms in total. The van der Waals surface area contributed by atoms with Gasteiger partial charge in [0.15, 0.2) is 0 Å². The van der Waals surface area contributed by atoms with Gasteiger partial charge in [0.25, 0.3) is 11.8 Å². The minimum atomic E-state index is -1.03. The molecule has 1 aromatic carbocycles. The average Bonchev–Trinajstić information content (AvgIpc) is 2.77. The summed E-state index contributed by atoms with van der Waals surface area (Å²) in [5.41, 5.74) is 0.370. The highest BCUT2D eigenvalue weighted by atomic mass is 16.5. The van der Waals surface area contributed by atoms with Gasteiger partial charge >= 0.3 is 0 Å². The van der Waals surface area contributed by atoms with Crippen molar-refractivity contribution in [1.29, 1.82) is 0 Å². The Morgan fingerprint density at radius 1 is 1.29 bits per heavy atom. The maximum absolute atomic E-state index is 12.8. The lowest BCUT2D eigenvalue weighted by molar-refractivity contribution is -0.128.